The molecule has 112 valence electrons. The molecular weight excluding hydrogens is 246 g/mol. The molecule has 1 aliphatic rings. The zero-order valence-electron chi connectivity index (χ0n) is 13.0. The summed E-state index contributed by atoms with van der Waals surface area (Å²) in [6.45, 7) is 3.28. The van der Waals surface area contributed by atoms with Crippen molar-refractivity contribution in [3.8, 4) is 0 Å². The van der Waals surface area contributed by atoms with Gasteiger partial charge in [0.1, 0.15) is 5.82 Å². The van der Waals surface area contributed by atoms with Gasteiger partial charge in [0.2, 0.25) is 0 Å². The van der Waals surface area contributed by atoms with Crippen molar-refractivity contribution in [2.45, 2.75) is 57.9 Å². The van der Waals surface area contributed by atoms with Crippen molar-refractivity contribution in [1.29, 1.82) is 0 Å². The minimum atomic E-state index is 0.237. The lowest BCUT2D eigenvalue weighted by Crippen LogP contribution is -2.29. The van der Waals surface area contributed by atoms with Crippen LogP contribution in [0.3, 0.4) is 0 Å². The van der Waals surface area contributed by atoms with Crippen molar-refractivity contribution in [3.63, 3.8) is 0 Å². The van der Waals surface area contributed by atoms with Crippen LogP contribution in [-0.4, -0.2) is 24.6 Å². The molecule has 1 aliphatic carbocycles. The molecule has 0 radical (unpaired) electrons. The van der Waals surface area contributed by atoms with E-state index in [9.17, 15) is 0 Å². The van der Waals surface area contributed by atoms with Gasteiger partial charge in [0.05, 0.1) is 0 Å². The average Bonchev–Trinajstić information content (AvgIpc) is 2.48. The Morgan fingerprint density at radius 1 is 1.35 bits per heavy atom. The van der Waals surface area contributed by atoms with Gasteiger partial charge in [-0.25, -0.2) is 4.98 Å². The summed E-state index contributed by atoms with van der Waals surface area (Å²) >= 11 is 0. The second-order valence-corrected chi connectivity index (χ2v) is 6.24. The van der Waals surface area contributed by atoms with Crippen molar-refractivity contribution in [3.05, 3.63) is 23.9 Å². The lowest BCUT2D eigenvalue weighted by Gasteiger charge is -2.29. The molecule has 1 aromatic heterocycles. The maximum absolute atomic E-state index is 6.11. The molecule has 1 saturated carbocycles. The van der Waals surface area contributed by atoms with E-state index in [1.807, 2.05) is 12.3 Å². The molecule has 0 aromatic carbocycles. The van der Waals surface area contributed by atoms with Crippen LogP contribution in [0.5, 0.6) is 0 Å². The molecular formula is C17H29N3. The van der Waals surface area contributed by atoms with Gasteiger partial charge in [0, 0.05) is 25.8 Å². The molecule has 3 heteroatoms. The number of pyridine rings is 1. The smallest absolute Gasteiger partial charge is 0.131 e. The standard InChI is InChI=1S/C17H29N3/c1-3-16(18)12-15-10-7-11-19-17(15)20(2)13-14-8-5-4-6-9-14/h7,10-11,14,16H,3-6,8-9,12-13,18H2,1-2H3. The van der Waals surface area contributed by atoms with Crippen molar-refractivity contribution in [2.75, 3.05) is 18.5 Å². The third-order valence-corrected chi connectivity index (χ3v) is 4.49. The van der Waals surface area contributed by atoms with Gasteiger partial charge < -0.3 is 10.6 Å². The minimum absolute atomic E-state index is 0.237. The van der Waals surface area contributed by atoms with E-state index < -0.39 is 0 Å². The first-order valence-electron chi connectivity index (χ1n) is 8.11. The molecule has 2 rings (SSSR count). The van der Waals surface area contributed by atoms with E-state index in [0.717, 1.165) is 31.1 Å². The highest BCUT2D eigenvalue weighted by molar-refractivity contribution is 5.46. The fourth-order valence-corrected chi connectivity index (χ4v) is 3.20. The van der Waals surface area contributed by atoms with E-state index in [1.165, 1.54) is 37.7 Å². The Labute approximate surface area is 123 Å². The van der Waals surface area contributed by atoms with Gasteiger partial charge in [0.25, 0.3) is 0 Å². The molecule has 0 amide bonds. The Kier molecular flexibility index (Phi) is 5.84. The number of nitrogens with zero attached hydrogens (tertiary/aromatic N) is 2. The molecule has 2 N–H and O–H groups in total. The predicted octanol–water partition coefficient (Wildman–Crippen LogP) is 3.38. The SMILES string of the molecule is CCC(N)Cc1cccnc1N(C)CC1CCCCC1. The van der Waals surface area contributed by atoms with E-state index in [4.69, 9.17) is 5.73 Å². The molecule has 3 nitrogen and oxygen atoms in total. The van der Waals surface area contributed by atoms with Crippen LogP contribution in [0.2, 0.25) is 0 Å². The second kappa shape index (κ2) is 7.63. The van der Waals surface area contributed by atoms with Crippen molar-refractivity contribution >= 4 is 5.82 Å². The highest BCUT2D eigenvalue weighted by Gasteiger charge is 2.18. The highest BCUT2D eigenvalue weighted by Crippen LogP contribution is 2.26. The zero-order valence-corrected chi connectivity index (χ0v) is 13.0. The average molecular weight is 275 g/mol. The van der Waals surface area contributed by atoms with E-state index in [-0.39, 0.29) is 6.04 Å². The van der Waals surface area contributed by atoms with Gasteiger partial charge in [-0.2, -0.15) is 0 Å². The summed E-state index contributed by atoms with van der Waals surface area (Å²) in [5, 5.41) is 0. The van der Waals surface area contributed by atoms with Crippen LogP contribution in [0.1, 0.15) is 51.0 Å². The van der Waals surface area contributed by atoms with Crippen molar-refractivity contribution < 1.29 is 0 Å². The van der Waals surface area contributed by atoms with Crippen LogP contribution in [0.4, 0.5) is 5.82 Å². The van der Waals surface area contributed by atoms with Gasteiger partial charge in [-0.05, 0) is 43.2 Å². The maximum Gasteiger partial charge on any atom is 0.131 e. The lowest BCUT2D eigenvalue weighted by atomic mass is 9.89. The van der Waals surface area contributed by atoms with Crippen LogP contribution < -0.4 is 10.6 Å². The molecule has 1 heterocycles. The Hall–Kier alpha value is -1.09. The van der Waals surface area contributed by atoms with Crippen molar-refractivity contribution in [2.24, 2.45) is 11.7 Å². The molecule has 0 spiro atoms. The van der Waals surface area contributed by atoms with Gasteiger partial charge in [-0.1, -0.05) is 32.3 Å². The largest absolute Gasteiger partial charge is 0.359 e. The zero-order chi connectivity index (χ0) is 14.4. The number of rotatable bonds is 6. The third kappa shape index (κ3) is 4.20. The van der Waals surface area contributed by atoms with Crippen LogP contribution in [0.15, 0.2) is 18.3 Å². The van der Waals surface area contributed by atoms with Gasteiger partial charge >= 0.3 is 0 Å². The summed E-state index contributed by atoms with van der Waals surface area (Å²) in [5.74, 6) is 1.96. The van der Waals surface area contributed by atoms with Crippen LogP contribution in [0, 0.1) is 5.92 Å². The maximum atomic E-state index is 6.11. The highest BCUT2D eigenvalue weighted by atomic mass is 15.2. The molecule has 0 saturated heterocycles. The molecule has 20 heavy (non-hydrogen) atoms. The van der Waals surface area contributed by atoms with Crippen LogP contribution in [0.25, 0.3) is 0 Å². The number of aromatic nitrogens is 1. The van der Waals surface area contributed by atoms with Gasteiger partial charge in [-0.15, -0.1) is 0 Å². The first-order valence-corrected chi connectivity index (χ1v) is 8.11. The summed E-state index contributed by atoms with van der Waals surface area (Å²) in [7, 11) is 2.18. The Bertz CT molecular complexity index is 399. The molecule has 0 aliphatic heterocycles. The van der Waals surface area contributed by atoms with E-state index in [0.29, 0.717) is 0 Å². The minimum Gasteiger partial charge on any atom is -0.359 e. The quantitative estimate of drug-likeness (QED) is 0.865. The Morgan fingerprint density at radius 2 is 2.10 bits per heavy atom. The number of hydrogen-bond donors (Lipinski definition) is 1. The van der Waals surface area contributed by atoms with Crippen LogP contribution >= 0.6 is 0 Å². The lowest BCUT2D eigenvalue weighted by molar-refractivity contribution is 0.361. The summed E-state index contributed by atoms with van der Waals surface area (Å²) in [6, 6.07) is 4.44. The third-order valence-electron chi connectivity index (χ3n) is 4.49. The van der Waals surface area contributed by atoms with Crippen molar-refractivity contribution in [1.82, 2.24) is 4.98 Å². The fraction of sp³-hybridized carbons (Fsp3) is 0.706. The Morgan fingerprint density at radius 3 is 2.80 bits per heavy atom. The summed E-state index contributed by atoms with van der Waals surface area (Å²) in [5.41, 5.74) is 7.40. The first kappa shape index (κ1) is 15.3. The molecule has 0 bridgehead atoms. The summed E-state index contributed by atoms with van der Waals surface area (Å²) < 4.78 is 0. The molecule has 1 atom stereocenters. The Balaban J connectivity index is 2.02. The fourth-order valence-electron chi connectivity index (χ4n) is 3.20. The number of nitrogens with two attached hydrogens (primary N) is 1. The van der Waals surface area contributed by atoms with E-state index >= 15 is 0 Å². The molecule has 1 unspecified atom stereocenters. The van der Waals surface area contributed by atoms with Gasteiger partial charge in [0.15, 0.2) is 0 Å². The molecule has 1 fully saturated rings. The summed E-state index contributed by atoms with van der Waals surface area (Å²) in [4.78, 5) is 6.94. The van der Waals surface area contributed by atoms with Crippen LogP contribution in [-0.2, 0) is 6.42 Å². The number of anilines is 1. The molecule has 1 aromatic rings. The first-order chi connectivity index (χ1) is 9.70. The van der Waals surface area contributed by atoms with E-state index in [1.54, 1.807) is 0 Å². The monoisotopic (exact) mass is 275 g/mol. The topological polar surface area (TPSA) is 42.1 Å². The van der Waals surface area contributed by atoms with Gasteiger partial charge in [-0.3, -0.25) is 0 Å². The number of hydrogen-bond acceptors (Lipinski definition) is 3. The predicted molar refractivity (Wildman–Crippen MR) is 86.1 cm³/mol. The summed E-state index contributed by atoms with van der Waals surface area (Å²) in [6.07, 6.45) is 10.8. The normalized spacial score (nSPS) is 17.9. The second-order valence-electron chi connectivity index (χ2n) is 6.24. The van der Waals surface area contributed by atoms with E-state index in [2.05, 4.69) is 29.9 Å².